The number of hydrogen-bond acceptors (Lipinski definition) is 3. The Morgan fingerprint density at radius 3 is 3.00 bits per heavy atom. The number of imidazole rings is 1. The highest BCUT2D eigenvalue weighted by Crippen LogP contribution is 2.25. The second-order valence-electron chi connectivity index (χ2n) is 6.93. The molecular formula is C22H28IN5O. The molecule has 6 nitrogen and oxygen atoms in total. The first-order valence-electron chi connectivity index (χ1n) is 10.0. The van der Waals surface area contributed by atoms with Crippen LogP contribution < -0.4 is 15.4 Å². The maximum Gasteiger partial charge on any atom is 0.191 e. The van der Waals surface area contributed by atoms with Crippen molar-refractivity contribution in [2.24, 2.45) is 4.99 Å². The number of hydrogen-bond donors (Lipinski definition) is 2. The summed E-state index contributed by atoms with van der Waals surface area (Å²) in [6.07, 6.45) is 6.89. The molecule has 0 fully saturated rings. The van der Waals surface area contributed by atoms with Gasteiger partial charge < -0.3 is 19.8 Å². The average Bonchev–Trinajstić information content (AvgIpc) is 3.33. The third kappa shape index (κ3) is 5.62. The van der Waals surface area contributed by atoms with Gasteiger partial charge in [-0.05, 0) is 42.7 Å². The van der Waals surface area contributed by atoms with Gasteiger partial charge in [0.05, 0.1) is 12.3 Å². The highest BCUT2D eigenvalue weighted by molar-refractivity contribution is 14.0. The average molecular weight is 505 g/mol. The molecular weight excluding hydrogens is 477 g/mol. The Morgan fingerprint density at radius 2 is 2.14 bits per heavy atom. The minimum Gasteiger partial charge on any atom is -0.493 e. The summed E-state index contributed by atoms with van der Waals surface area (Å²) in [6, 6.07) is 12.5. The van der Waals surface area contributed by atoms with Gasteiger partial charge in [0.25, 0.3) is 0 Å². The predicted molar refractivity (Wildman–Crippen MR) is 128 cm³/mol. The number of pyridine rings is 1. The van der Waals surface area contributed by atoms with E-state index < -0.39 is 0 Å². The molecule has 3 heterocycles. The summed E-state index contributed by atoms with van der Waals surface area (Å²) in [5, 5.41) is 6.75. The fourth-order valence-corrected chi connectivity index (χ4v) is 3.45. The third-order valence-corrected chi connectivity index (χ3v) is 4.86. The van der Waals surface area contributed by atoms with Crippen molar-refractivity contribution in [2.45, 2.75) is 26.2 Å². The van der Waals surface area contributed by atoms with Crippen LogP contribution in [0.5, 0.6) is 5.75 Å². The summed E-state index contributed by atoms with van der Waals surface area (Å²) in [4.78, 5) is 9.32. The van der Waals surface area contributed by atoms with Crippen LogP contribution in [0.15, 0.2) is 53.8 Å². The molecule has 0 amide bonds. The molecule has 1 aromatic carbocycles. The Bertz CT molecular complexity index is 936. The Hall–Kier alpha value is -2.29. The van der Waals surface area contributed by atoms with Crippen molar-refractivity contribution in [3.05, 3.63) is 65.6 Å². The standard InChI is InChI=1S/C22H27N5O.HI/c1-2-23-22(24-11-8-17-6-7-20-18(15-17)10-14-28-20)25-12-9-19-16-27-13-4-3-5-21(27)26-19;/h3-7,13,15-16H,2,8-12,14H2,1H3,(H2,23,24,25);1H. The van der Waals surface area contributed by atoms with E-state index in [2.05, 4.69) is 46.9 Å². The quantitative estimate of drug-likeness (QED) is 0.294. The van der Waals surface area contributed by atoms with Crippen LogP contribution in [0, 0.1) is 0 Å². The molecule has 1 aliphatic rings. The van der Waals surface area contributed by atoms with Crippen LogP contribution >= 0.6 is 24.0 Å². The van der Waals surface area contributed by atoms with Gasteiger partial charge in [0.2, 0.25) is 0 Å². The fourth-order valence-electron chi connectivity index (χ4n) is 3.45. The molecule has 1 aliphatic heterocycles. The number of nitrogens with one attached hydrogen (secondary N) is 2. The van der Waals surface area contributed by atoms with Crippen molar-refractivity contribution in [2.75, 3.05) is 26.2 Å². The van der Waals surface area contributed by atoms with Crippen LogP contribution in [0.4, 0.5) is 0 Å². The Labute approximate surface area is 188 Å². The molecule has 0 aliphatic carbocycles. The van der Waals surface area contributed by atoms with Crippen molar-refractivity contribution in [3.8, 4) is 5.75 Å². The zero-order chi connectivity index (χ0) is 19.2. The van der Waals surface area contributed by atoms with Gasteiger partial charge in [0.1, 0.15) is 11.4 Å². The van der Waals surface area contributed by atoms with Crippen LogP contribution in [0.25, 0.3) is 5.65 Å². The number of ether oxygens (including phenoxy) is 1. The summed E-state index contributed by atoms with van der Waals surface area (Å²) in [6.45, 7) is 5.28. The molecule has 0 bridgehead atoms. The van der Waals surface area contributed by atoms with Crippen molar-refractivity contribution in [3.63, 3.8) is 0 Å². The van der Waals surface area contributed by atoms with E-state index in [4.69, 9.17) is 9.73 Å². The van der Waals surface area contributed by atoms with Crippen molar-refractivity contribution < 1.29 is 4.74 Å². The molecule has 29 heavy (non-hydrogen) atoms. The van der Waals surface area contributed by atoms with Crippen molar-refractivity contribution in [1.82, 2.24) is 20.0 Å². The van der Waals surface area contributed by atoms with Crippen LogP contribution in [0.3, 0.4) is 0 Å². The smallest absolute Gasteiger partial charge is 0.191 e. The summed E-state index contributed by atoms with van der Waals surface area (Å²) >= 11 is 0. The summed E-state index contributed by atoms with van der Waals surface area (Å²) in [7, 11) is 0. The van der Waals surface area contributed by atoms with Gasteiger partial charge in [-0.3, -0.25) is 4.99 Å². The van der Waals surface area contributed by atoms with Crippen molar-refractivity contribution >= 4 is 35.6 Å². The molecule has 154 valence electrons. The van der Waals surface area contributed by atoms with E-state index in [1.807, 2.05) is 28.8 Å². The van der Waals surface area contributed by atoms with Gasteiger partial charge >= 0.3 is 0 Å². The number of halogens is 1. The molecule has 7 heteroatoms. The van der Waals surface area contributed by atoms with E-state index >= 15 is 0 Å². The fraction of sp³-hybridized carbons (Fsp3) is 0.364. The number of aromatic nitrogens is 2. The summed E-state index contributed by atoms with van der Waals surface area (Å²) in [5.74, 6) is 1.90. The Morgan fingerprint density at radius 1 is 1.21 bits per heavy atom. The first kappa shape index (κ1) is 21.4. The monoisotopic (exact) mass is 505 g/mol. The van der Waals surface area contributed by atoms with Crippen LogP contribution in [0.2, 0.25) is 0 Å². The number of aliphatic imine (C=N–C) groups is 1. The first-order chi connectivity index (χ1) is 13.8. The van der Waals surface area contributed by atoms with Crippen LogP contribution in [-0.2, 0) is 19.3 Å². The topological polar surface area (TPSA) is 63.0 Å². The summed E-state index contributed by atoms with van der Waals surface area (Å²) < 4.78 is 7.62. The highest BCUT2D eigenvalue weighted by Gasteiger charge is 2.11. The van der Waals surface area contributed by atoms with Gasteiger partial charge in [-0.1, -0.05) is 18.2 Å². The first-order valence-corrected chi connectivity index (χ1v) is 10.0. The lowest BCUT2D eigenvalue weighted by Gasteiger charge is -2.11. The lowest BCUT2D eigenvalue weighted by atomic mass is 10.1. The predicted octanol–water partition coefficient (Wildman–Crippen LogP) is 3.23. The van der Waals surface area contributed by atoms with Gasteiger partial charge in [-0.2, -0.15) is 0 Å². The minimum absolute atomic E-state index is 0. The minimum atomic E-state index is 0. The van der Waals surface area contributed by atoms with Crippen molar-refractivity contribution in [1.29, 1.82) is 0 Å². The van der Waals surface area contributed by atoms with Crippen LogP contribution in [-0.4, -0.2) is 41.6 Å². The van der Waals surface area contributed by atoms with E-state index in [0.29, 0.717) is 6.54 Å². The number of fused-ring (bicyclic) bond motifs is 2. The lowest BCUT2D eigenvalue weighted by Crippen LogP contribution is -2.38. The maximum absolute atomic E-state index is 5.58. The normalized spacial score (nSPS) is 12.9. The largest absolute Gasteiger partial charge is 0.493 e. The van der Waals surface area contributed by atoms with E-state index in [9.17, 15) is 0 Å². The Kier molecular flexibility index (Phi) is 7.74. The molecule has 0 spiro atoms. The van der Waals surface area contributed by atoms with Gasteiger partial charge in [-0.15, -0.1) is 24.0 Å². The lowest BCUT2D eigenvalue weighted by molar-refractivity contribution is 0.357. The third-order valence-electron chi connectivity index (χ3n) is 4.86. The molecule has 2 N–H and O–H groups in total. The second-order valence-corrected chi connectivity index (χ2v) is 6.93. The van der Waals surface area contributed by atoms with E-state index in [-0.39, 0.29) is 24.0 Å². The molecule has 4 rings (SSSR count). The van der Waals surface area contributed by atoms with Crippen LogP contribution in [0.1, 0.15) is 23.7 Å². The maximum atomic E-state index is 5.58. The molecule has 0 atom stereocenters. The second kappa shape index (κ2) is 10.5. The molecule has 0 saturated heterocycles. The van der Waals surface area contributed by atoms with E-state index in [0.717, 1.165) is 62.0 Å². The Balaban J connectivity index is 0.00000240. The number of benzene rings is 1. The zero-order valence-corrected chi connectivity index (χ0v) is 19.1. The highest BCUT2D eigenvalue weighted by atomic mass is 127. The number of rotatable bonds is 7. The van der Waals surface area contributed by atoms with Gasteiger partial charge in [-0.25, -0.2) is 4.98 Å². The zero-order valence-electron chi connectivity index (χ0n) is 16.7. The molecule has 0 radical (unpaired) electrons. The summed E-state index contributed by atoms with van der Waals surface area (Å²) in [5.41, 5.74) is 4.69. The van der Waals surface area contributed by atoms with E-state index in [1.54, 1.807) is 0 Å². The number of nitrogens with zero attached hydrogens (tertiary/aromatic N) is 3. The molecule has 0 unspecified atom stereocenters. The molecule has 2 aromatic heterocycles. The van der Waals surface area contributed by atoms with E-state index in [1.165, 1.54) is 11.1 Å². The molecule has 0 saturated carbocycles. The van der Waals surface area contributed by atoms with Gasteiger partial charge in [0, 0.05) is 44.9 Å². The molecule has 3 aromatic rings. The van der Waals surface area contributed by atoms with Gasteiger partial charge in [0.15, 0.2) is 5.96 Å². The number of guanidine groups is 1. The SMILES string of the molecule is CCNC(=NCCc1cn2ccccc2n1)NCCc1ccc2c(c1)CCO2.I.